The van der Waals surface area contributed by atoms with Crippen LogP contribution in [0.15, 0.2) is 24.3 Å². The van der Waals surface area contributed by atoms with Gasteiger partial charge in [0.2, 0.25) is 5.78 Å². The van der Waals surface area contributed by atoms with Gasteiger partial charge in [-0.3, -0.25) is 4.79 Å². The molecule has 0 N–H and O–H groups in total. The predicted molar refractivity (Wildman–Crippen MR) is 56.0 cm³/mol. The fraction of sp³-hybridized carbons (Fsp3) is 0.200. The summed E-state index contributed by atoms with van der Waals surface area (Å²) in [6.45, 7) is 0. The minimum Gasteiger partial charge on any atom is -0.465 e. The number of carbonyl (C=O) groups excluding carboxylic acids is 2. The fourth-order valence-corrected chi connectivity index (χ4v) is 1.34. The highest BCUT2D eigenvalue weighted by Gasteiger charge is 2.37. The van der Waals surface area contributed by atoms with Gasteiger partial charge in [0.05, 0.1) is 12.7 Å². The van der Waals surface area contributed by atoms with Crippen molar-refractivity contribution in [1.82, 2.24) is 0 Å². The Kier molecular flexibility index (Phi) is 3.74. The summed E-state index contributed by atoms with van der Waals surface area (Å²) in [5.74, 6) is -2.31. The zero-order chi connectivity index (χ0) is 12.3. The first-order chi connectivity index (χ1) is 7.38. The highest BCUT2D eigenvalue weighted by molar-refractivity contribution is 9.10. The number of halogens is 3. The monoisotopic (exact) mass is 292 g/mol. The van der Waals surface area contributed by atoms with Crippen LogP contribution in [0.5, 0.6) is 0 Å². The molecule has 1 rings (SSSR count). The van der Waals surface area contributed by atoms with Gasteiger partial charge in [0.1, 0.15) is 0 Å². The van der Waals surface area contributed by atoms with Gasteiger partial charge >= 0.3 is 10.8 Å². The molecule has 0 aliphatic heterocycles. The Morgan fingerprint density at radius 1 is 1.25 bits per heavy atom. The summed E-state index contributed by atoms with van der Waals surface area (Å²) in [5.41, 5.74) is -0.564. The molecule has 0 aliphatic rings. The molecule has 0 aliphatic carbocycles. The van der Waals surface area contributed by atoms with Gasteiger partial charge in [0.15, 0.2) is 0 Å². The van der Waals surface area contributed by atoms with Gasteiger partial charge in [-0.25, -0.2) is 4.79 Å². The summed E-state index contributed by atoms with van der Waals surface area (Å²) in [7, 11) is 1.11. The van der Waals surface area contributed by atoms with Crippen LogP contribution in [-0.2, 0) is 4.74 Å². The molecule has 0 bridgehead atoms. The molecule has 1 aromatic carbocycles. The van der Waals surface area contributed by atoms with Crippen LogP contribution in [-0.4, -0.2) is 23.7 Å². The van der Waals surface area contributed by atoms with Crippen LogP contribution in [0, 0.1) is 0 Å². The Hall–Kier alpha value is -1.30. The van der Waals surface area contributed by atoms with Crippen LogP contribution < -0.4 is 0 Å². The van der Waals surface area contributed by atoms with E-state index in [0.29, 0.717) is 0 Å². The Bertz CT molecular complexity index is 426. The predicted octanol–water partition coefficient (Wildman–Crippen LogP) is 2.64. The molecule has 0 saturated carbocycles. The van der Waals surface area contributed by atoms with E-state index in [9.17, 15) is 18.4 Å². The Morgan fingerprint density at radius 3 is 2.19 bits per heavy atom. The fourth-order valence-electron chi connectivity index (χ4n) is 1.12. The number of hydrogen-bond donors (Lipinski definition) is 0. The SMILES string of the molecule is COC(=O)c1ccccc1C(=O)C(F)(F)Br. The average Bonchev–Trinajstić information content (AvgIpc) is 2.25. The van der Waals surface area contributed by atoms with Gasteiger partial charge in [0, 0.05) is 5.56 Å². The molecule has 0 spiro atoms. The van der Waals surface area contributed by atoms with Crippen molar-refractivity contribution < 1.29 is 23.1 Å². The maximum Gasteiger partial charge on any atom is 0.363 e. The lowest BCUT2D eigenvalue weighted by atomic mass is 10.0. The number of methoxy groups -OCH3 is 1. The molecular weight excluding hydrogens is 286 g/mol. The zero-order valence-corrected chi connectivity index (χ0v) is 9.75. The van der Waals surface area contributed by atoms with Crippen molar-refractivity contribution >= 4 is 27.7 Å². The van der Waals surface area contributed by atoms with Crippen molar-refractivity contribution in [2.24, 2.45) is 0 Å². The summed E-state index contributed by atoms with van der Waals surface area (Å²) < 4.78 is 29.9. The van der Waals surface area contributed by atoms with Crippen molar-refractivity contribution in [2.45, 2.75) is 4.83 Å². The lowest BCUT2D eigenvalue weighted by Gasteiger charge is -2.10. The molecule has 1 aromatic rings. The van der Waals surface area contributed by atoms with Crippen molar-refractivity contribution in [2.75, 3.05) is 7.11 Å². The standard InChI is InChI=1S/C10H7BrF2O3/c1-16-9(15)7-5-3-2-4-6(7)8(14)10(11,12)13/h2-5H,1H3. The molecule has 0 amide bonds. The topological polar surface area (TPSA) is 43.4 Å². The van der Waals surface area contributed by atoms with Crippen molar-refractivity contribution in [3.63, 3.8) is 0 Å². The van der Waals surface area contributed by atoms with Crippen LogP contribution in [0.3, 0.4) is 0 Å². The molecule has 0 aromatic heterocycles. The van der Waals surface area contributed by atoms with E-state index in [0.717, 1.165) is 13.2 Å². The van der Waals surface area contributed by atoms with Crippen LogP contribution in [0.25, 0.3) is 0 Å². The summed E-state index contributed by atoms with van der Waals surface area (Å²) in [6.07, 6.45) is 0. The second kappa shape index (κ2) is 4.69. The Morgan fingerprint density at radius 2 is 1.75 bits per heavy atom. The smallest absolute Gasteiger partial charge is 0.363 e. The number of alkyl halides is 3. The lowest BCUT2D eigenvalue weighted by Crippen LogP contribution is -2.23. The van der Waals surface area contributed by atoms with Gasteiger partial charge in [-0.2, -0.15) is 8.78 Å². The molecule has 0 heterocycles. The molecule has 0 unspecified atom stereocenters. The van der Waals surface area contributed by atoms with Gasteiger partial charge in [0.25, 0.3) is 0 Å². The molecule has 0 atom stereocenters. The van der Waals surface area contributed by atoms with E-state index in [1.165, 1.54) is 18.2 Å². The first-order valence-corrected chi connectivity index (χ1v) is 4.96. The summed E-state index contributed by atoms with van der Waals surface area (Å²) in [5, 5.41) is 0. The summed E-state index contributed by atoms with van der Waals surface area (Å²) in [4.78, 5) is 18.8. The number of hydrogen-bond acceptors (Lipinski definition) is 3. The summed E-state index contributed by atoms with van der Waals surface area (Å²) >= 11 is 1.95. The largest absolute Gasteiger partial charge is 0.465 e. The second-order valence-electron chi connectivity index (χ2n) is 2.86. The third-order valence-corrected chi connectivity index (χ3v) is 2.19. The molecule has 0 radical (unpaired) electrons. The van der Waals surface area contributed by atoms with Crippen LogP contribution in [0.1, 0.15) is 20.7 Å². The van der Waals surface area contributed by atoms with Crippen LogP contribution in [0.2, 0.25) is 0 Å². The van der Waals surface area contributed by atoms with Crippen molar-refractivity contribution in [3.8, 4) is 0 Å². The quantitative estimate of drug-likeness (QED) is 0.489. The number of ketones is 1. The lowest BCUT2D eigenvalue weighted by molar-refractivity contribution is 0.0559. The van der Waals surface area contributed by atoms with Crippen molar-refractivity contribution in [1.29, 1.82) is 0 Å². The van der Waals surface area contributed by atoms with E-state index in [2.05, 4.69) is 4.74 Å². The second-order valence-corrected chi connectivity index (χ2v) is 3.86. The Labute approximate surface area is 98.5 Å². The minimum atomic E-state index is -3.70. The molecule has 86 valence electrons. The number of benzene rings is 1. The number of Topliss-reactive ketones (excluding diaryl/α,β-unsaturated/α-hetero) is 1. The molecule has 3 nitrogen and oxygen atoms in total. The number of ether oxygens (including phenoxy) is 1. The van der Waals surface area contributed by atoms with E-state index in [1.54, 1.807) is 0 Å². The highest BCUT2D eigenvalue weighted by Crippen LogP contribution is 2.28. The van der Waals surface area contributed by atoms with E-state index in [-0.39, 0.29) is 11.1 Å². The molecule has 16 heavy (non-hydrogen) atoms. The van der Waals surface area contributed by atoms with Crippen LogP contribution >= 0.6 is 15.9 Å². The Balaban J connectivity index is 3.24. The summed E-state index contributed by atoms with van der Waals surface area (Å²) in [6, 6.07) is 5.23. The van der Waals surface area contributed by atoms with Crippen LogP contribution in [0.4, 0.5) is 8.78 Å². The van der Waals surface area contributed by atoms with E-state index in [4.69, 9.17) is 0 Å². The normalized spacial score (nSPS) is 11.0. The van der Waals surface area contributed by atoms with Gasteiger partial charge in [-0.1, -0.05) is 18.2 Å². The first kappa shape index (κ1) is 12.8. The van der Waals surface area contributed by atoms with Gasteiger partial charge in [-0.15, -0.1) is 0 Å². The highest BCUT2D eigenvalue weighted by atomic mass is 79.9. The molecule has 0 fully saturated rings. The molecule has 0 saturated heterocycles. The van der Waals surface area contributed by atoms with E-state index >= 15 is 0 Å². The molecular formula is C10H7BrF2O3. The maximum atomic E-state index is 12.8. The third kappa shape index (κ3) is 2.63. The number of rotatable bonds is 3. The third-order valence-electron chi connectivity index (χ3n) is 1.83. The van der Waals surface area contributed by atoms with E-state index < -0.39 is 16.6 Å². The average molecular weight is 293 g/mol. The number of esters is 1. The maximum absolute atomic E-state index is 12.8. The van der Waals surface area contributed by atoms with E-state index in [1.807, 2.05) is 15.9 Å². The molecule has 6 heteroatoms. The van der Waals surface area contributed by atoms with Gasteiger partial charge in [-0.05, 0) is 22.0 Å². The minimum absolute atomic E-state index is 0.186. The van der Waals surface area contributed by atoms with Crippen molar-refractivity contribution in [3.05, 3.63) is 35.4 Å². The number of carbonyl (C=O) groups is 2. The zero-order valence-electron chi connectivity index (χ0n) is 8.17. The first-order valence-electron chi connectivity index (χ1n) is 4.16. The van der Waals surface area contributed by atoms with Gasteiger partial charge < -0.3 is 4.74 Å².